The van der Waals surface area contributed by atoms with Crippen LogP contribution in [-0.2, 0) is 0 Å². The summed E-state index contributed by atoms with van der Waals surface area (Å²) >= 11 is 0. The fourth-order valence-corrected chi connectivity index (χ4v) is 0. The zero-order chi connectivity index (χ0) is 6.08. The van der Waals surface area contributed by atoms with E-state index in [2.05, 4.69) is 27.4 Å². The van der Waals surface area contributed by atoms with Gasteiger partial charge in [0.05, 0.1) is 0 Å². The monoisotopic (exact) mass is 119 g/mol. The highest BCUT2D eigenvalue weighted by molar-refractivity contribution is 7.55. The summed E-state index contributed by atoms with van der Waals surface area (Å²) in [6, 6.07) is 0. The average molecular weight is 119 g/mol. The van der Waals surface area contributed by atoms with Crippen molar-refractivity contribution in [2.45, 2.75) is 25.9 Å². The molecule has 44 valence electrons. The van der Waals surface area contributed by atoms with Gasteiger partial charge in [-0.05, 0) is 19.9 Å². The first-order valence-electron chi connectivity index (χ1n) is 2.43. The van der Waals surface area contributed by atoms with E-state index in [-0.39, 0.29) is 8.07 Å². The normalized spacial score (nSPS) is 16.7. The van der Waals surface area contributed by atoms with Gasteiger partial charge in [0.15, 0.2) is 0 Å². The van der Waals surface area contributed by atoms with Crippen molar-refractivity contribution in [3.8, 4) is 0 Å². The summed E-state index contributed by atoms with van der Waals surface area (Å²) in [5.41, 5.74) is 5.63. The lowest BCUT2D eigenvalue weighted by Gasteiger charge is -2.22. The van der Waals surface area contributed by atoms with Gasteiger partial charge in [0, 0.05) is 0 Å². The molecule has 0 aliphatic heterocycles. The van der Waals surface area contributed by atoms with Crippen LogP contribution in [0, 0.1) is 0 Å². The lowest BCUT2D eigenvalue weighted by Crippen LogP contribution is -2.14. The maximum atomic E-state index is 5.63. The largest absolute Gasteiger partial charge is 0.309 e. The molecule has 0 aromatic rings. The highest BCUT2D eigenvalue weighted by atomic mass is 31.1. The van der Waals surface area contributed by atoms with Crippen LogP contribution in [0.1, 0.15) is 20.8 Å². The summed E-state index contributed by atoms with van der Waals surface area (Å²) in [5.74, 6) is 0. The molecule has 0 aliphatic rings. The van der Waals surface area contributed by atoms with Crippen LogP contribution < -0.4 is 5.50 Å². The summed E-state index contributed by atoms with van der Waals surface area (Å²) in [4.78, 5) is 0. The van der Waals surface area contributed by atoms with Crippen molar-refractivity contribution in [3.05, 3.63) is 0 Å². The minimum atomic E-state index is -0.242. The molecule has 0 radical (unpaired) electrons. The fourth-order valence-electron chi connectivity index (χ4n) is 0. The van der Waals surface area contributed by atoms with Crippen molar-refractivity contribution in [2.24, 2.45) is 5.50 Å². The van der Waals surface area contributed by atoms with E-state index in [1.54, 1.807) is 0 Å². The Bertz CT molecular complexity index is 53.6. The molecular formula is C5H14NP. The van der Waals surface area contributed by atoms with Crippen LogP contribution in [0.4, 0.5) is 0 Å². The molecule has 0 saturated carbocycles. The maximum Gasteiger partial charge on any atom is -0.00535 e. The van der Waals surface area contributed by atoms with E-state index in [0.29, 0.717) is 5.16 Å². The molecule has 0 heterocycles. The Morgan fingerprint density at radius 1 is 1.29 bits per heavy atom. The van der Waals surface area contributed by atoms with Gasteiger partial charge in [-0.1, -0.05) is 20.8 Å². The SMILES string of the molecule is C[P@](N)C(C)(C)C. The number of hydrogen-bond acceptors (Lipinski definition) is 1. The molecule has 0 amide bonds. The van der Waals surface area contributed by atoms with Crippen molar-refractivity contribution in [2.75, 3.05) is 6.66 Å². The van der Waals surface area contributed by atoms with Crippen molar-refractivity contribution < 1.29 is 0 Å². The van der Waals surface area contributed by atoms with E-state index < -0.39 is 0 Å². The molecule has 0 aliphatic carbocycles. The Morgan fingerprint density at radius 3 is 1.43 bits per heavy atom. The standard InChI is InChI=1S/C5H14NP/c1-5(2,3)7(4)6/h6H2,1-4H3/t7-/m0/s1. The molecule has 0 fully saturated rings. The topological polar surface area (TPSA) is 26.0 Å². The number of hydrogen-bond donors (Lipinski definition) is 1. The Balaban J connectivity index is 3.54. The Morgan fingerprint density at radius 2 is 1.43 bits per heavy atom. The third-order valence-corrected chi connectivity index (χ3v) is 3.17. The van der Waals surface area contributed by atoms with Gasteiger partial charge in [0.25, 0.3) is 0 Å². The van der Waals surface area contributed by atoms with Crippen LogP contribution in [0.3, 0.4) is 0 Å². The molecule has 0 aromatic carbocycles. The van der Waals surface area contributed by atoms with Crippen LogP contribution in [0.2, 0.25) is 0 Å². The van der Waals surface area contributed by atoms with E-state index in [0.717, 1.165) is 0 Å². The molecule has 1 nitrogen and oxygen atoms in total. The van der Waals surface area contributed by atoms with E-state index in [4.69, 9.17) is 5.50 Å². The smallest absolute Gasteiger partial charge is 0.00535 e. The predicted octanol–water partition coefficient (Wildman–Crippen LogP) is 1.77. The van der Waals surface area contributed by atoms with Gasteiger partial charge in [0.2, 0.25) is 0 Å². The second-order valence-electron chi connectivity index (χ2n) is 2.78. The van der Waals surface area contributed by atoms with E-state index >= 15 is 0 Å². The summed E-state index contributed by atoms with van der Waals surface area (Å²) in [5, 5.41) is 0.343. The lowest BCUT2D eigenvalue weighted by molar-refractivity contribution is 0.785. The first-order valence-corrected chi connectivity index (χ1v) is 4.29. The minimum absolute atomic E-state index is 0.242. The Labute approximate surface area is 47.1 Å². The second kappa shape index (κ2) is 2.11. The molecule has 2 N–H and O–H groups in total. The van der Waals surface area contributed by atoms with Crippen molar-refractivity contribution in [3.63, 3.8) is 0 Å². The predicted molar refractivity (Wildman–Crippen MR) is 36.8 cm³/mol. The molecule has 7 heavy (non-hydrogen) atoms. The van der Waals surface area contributed by atoms with Gasteiger partial charge in [-0.15, -0.1) is 0 Å². The molecule has 0 rings (SSSR count). The van der Waals surface area contributed by atoms with Gasteiger partial charge < -0.3 is 5.50 Å². The molecule has 0 spiro atoms. The molecule has 1 atom stereocenters. The van der Waals surface area contributed by atoms with Crippen LogP contribution >= 0.6 is 8.07 Å². The maximum absolute atomic E-state index is 5.63. The second-order valence-corrected chi connectivity index (χ2v) is 5.35. The van der Waals surface area contributed by atoms with Gasteiger partial charge >= 0.3 is 0 Å². The van der Waals surface area contributed by atoms with Gasteiger partial charge in [-0.3, -0.25) is 0 Å². The molecule has 0 saturated heterocycles. The van der Waals surface area contributed by atoms with E-state index in [1.807, 2.05) is 0 Å². The first kappa shape index (κ1) is 7.39. The molecule has 0 aromatic heterocycles. The Hall–Kier alpha value is 0.390. The zero-order valence-corrected chi connectivity index (χ0v) is 6.42. The van der Waals surface area contributed by atoms with Crippen LogP contribution in [-0.4, -0.2) is 11.8 Å². The highest BCUT2D eigenvalue weighted by Crippen LogP contribution is 2.37. The summed E-state index contributed by atoms with van der Waals surface area (Å²) < 4.78 is 0. The average Bonchev–Trinajstić information content (AvgIpc) is 1.31. The highest BCUT2D eigenvalue weighted by Gasteiger charge is 2.14. The summed E-state index contributed by atoms with van der Waals surface area (Å²) in [7, 11) is -0.242. The van der Waals surface area contributed by atoms with Gasteiger partial charge in [-0.25, -0.2) is 0 Å². The quantitative estimate of drug-likeness (QED) is 0.483. The van der Waals surface area contributed by atoms with Crippen LogP contribution in [0.25, 0.3) is 0 Å². The van der Waals surface area contributed by atoms with Gasteiger partial charge in [-0.2, -0.15) is 0 Å². The Kier molecular flexibility index (Phi) is 2.22. The summed E-state index contributed by atoms with van der Waals surface area (Å²) in [6.45, 7) is 8.59. The van der Waals surface area contributed by atoms with Gasteiger partial charge in [0.1, 0.15) is 0 Å². The van der Waals surface area contributed by atoms with Crippen molar-refractivity contribution in [1.29, 1.82) is 0 Å². The van der Waals surface area contributed by atoms with Crippen LogP contribution in [0.5, 0.6) is 0 Å². The fraction of sp³-hybridized carbons (Fsp3) is 1.00. The molecule has 0 bridgehead atoms. The number of nitrogens with two attached hydrogens (primary N) is 1. The summed E-state index contributed by atoms with van der Waals surface area (Å²) in [6.07, 6.45) is 0. The molecule has 2 heteroatoms. The molecular weight excluding hydrogens is 105 g/mol. The molecule has 0 unspecified atom stereocenters. The van der Waals surface area contributed by atoms with Crippen molar-refractivity contribution in [1.82, 2.24) is 0 Å². The minimum Gasteiger partial charge on any atom is -0.309 e. The third-order valence-electron chi connectivity index (χ3n) is 1.06. The lowest BCUT2D eigenvalue weighted by atomic mass is 10.3. The van der Waals surface area contributed by atoms with E-state index in [1.165, 1.54) is 0 Å². The first-order chi connectivity index (χ1) is 2.94. The van der Waals surface area contributed by atoms with Crippen LogP contribution in [0.15, 0.2) is 0 Å². The van der Waals surface area contributed by atoms with Crippen molar-refractivity contribution >= 4 is 8.07 Å². The number of rotatable bonds is 0. The zero-order valence-electron chi connectivity index (χ0n) is 5.52. The third kappa shape index (κ3) is 3.02. The van der Waals surface area contributed by atoms with E-state index in [9.17, 15) is 0 Å².